The first-order valence-electron chi connectivity index (χ1n) is 0.183. The standard InChI is InChI=1S/Bi.2La.O.Pb. The van der Waals surface area contributed by atoms with Crippen molar-refractivity contribution in [3.63, 3.8) is 0 Å². The molecular formula is BiLa2OPb. The Morgan fingerprint density at radius 1 is 1.00 bits per heavy atom. The molecule has 0 bridgehead atoms. The van der Waals surface area contributed by atoms with Gasteiger partial charge in [-0.3, -0.25) is 0 Å². The molecule has 0 aliphatic carbocycles. The largest absolute Gasteiger partial charge is 0 e. The van der Waals surface area contributed by atoms with E-state index >= 15 is 0 Å². The SMILES string of the molecule is [La].[La].[O]=[Bi].[Pb]. The van der Waals surface area contributed by atoms with Gasteiger partial charge in [0.05, 0.1) is 0 Å². The van der Waals surface area contributed by atoms with Gasteiger partial charge in [0.15, 0.2) is 0 Å². The van der Waals surface area contributed by atoms with Crippen molar-refractivity contribution in [1.82, 2.24) is 0 Å². The van der Waals surface area contributed by atoms with Crippen LogP contribution < -0.4 is 0 Å². The van der Waals surface area contributed by atoms with E-state index < -0.39 is 0 Å². The van der Waals surface area contributed by atoms with E-state index in [1.165, 1.54) is 0 Å². The Bertz CT molecular complexity index is 9.61. The van der Waals surface area contributed by atoms with Gasteiger partial charge in [0.25, 0.3) is 0 Å². The molecule has 5 heavy (non-hydrogen) atoms. The third-order valence-corrected chi connectivity index (χ3v) is 0. The van der Waals surface area contributed by atoms with Gasteiger partial charge in [0, 0.05) is 98.5 Å². The number of hydrogen-bond donors (Lipinski definition) is 0. The van der Waals surface area contributed by atoms with E-state index in [0.29, 0.717) is 0 Å². The van der Waals surface area contributed by atoms with Gasteiger partial charge in [-0.15, -0.1) is 0 Å². The van der Waals surface area contributed by atoms with Gasteiger partial charge in [-0.1, -0.05) is 0 Å². The van der Waals surface area contributed by atoms with Crippen LogP contribution in [-0.2, 0) is 2.81 Å². The minimum Gasteiger partial charge on any atom is 0 e. The average molecular weight is 710 g/mol. The predicted molar refractivity (Wildman–Crippen MR) is 12.2 cm³/mol. The molecule has 0 aliphatic heterocycles. The van der Waals surface area contributed by atoms with Crippen LogP contribution in [0.3, 0.4) is 0 Å². The van der Waals surface area contributed by atoms with Gasteiger partial charge in [-0.2, -0.15) is 0 Å². The molecule has 1 nitrogen and oxygen atoms in total. The fourth-order valence-corrected chi connectivity index (χ4v) is 0. The molecule has 0 N–H and O–H groups in total. The van der Waals surface area contributed by atoms with Crippen LogP contribution in [0.25, 0.3) is 0 Å². The van der Waals surface area contributed by atoms with E-state index in [4.69, 9.17) is 2.81 Å². The van der Waals surface area contributed by atoms with Crippen molar-refractivity contribution in [2.75, 3.05) is 0 Å². The third-order valence-electron chi connectivity index (χ3n) is 0. The zero-order chi connectivity index (χ0) is 2.00. The molecule has 0 spiro atoms. The second-order valence-electron chi connectivity index (χ2n) is 0. The summed E-state index contributed by atoms with van der Waals surface area (Å²) in [5.74, 6) is 0. The molecular weight excluding hydrogens is 710 g/mol. The molecule has 0 fully saturated rings. The molecule has 5 heteroatoms. The Morgan fingerprint density at radius 2 is 1.00 bits per heavy atom. The normalized spacial score (nSPS) is 0.800. The van der Waals surface area contributed by atoms with E-state index in [2.05, 4.69) is 0 Å². The molecule has 0 atom stereocenters. The maximum Gasteiger partial charge on any atom is 0 e. The van der Waals surface area contributed by atoms with E-state index in [1.54, 1.807) is 0 Å². The van der Waals surface area contributed by atoms with E-state index in [-0.39, 0.29) is 123 Å². The topological polar surface area (TPSA) is 17.1 Å². The van der Waals surface area contributed by atoms with Crippen molar-refractivity contribution in [1.29, 1.82) is 0 Å². The first-order valence-corrected chi connectivity index (χ1v) is 1.60. The van der Waals surface area contributed by atoms with E-state index in [1.807, 2.05) is 0 Å². The molecule has 0 aromatic carbocycles. The second kappa shape index (κ2) is 24.5. The molecule has 0 saturated carbocycles. The van der Waals surface area contributed by atoms with Crippen molar-refractivity contribution >= 4 is 52.0 Å². The second-order valence-corrected chi connectivity index (χ2v) is 0. The van der Waals surface area contributed by atoms with Gasteiger partial charge in [-0.25, -0.2) is 0 Å². The Balaban J connectivity index is -0.00000000167. The molecule has 0 aromatic rings. The fourth-order valence-electron chi connectivity index (χ4n) is 0. The summed E-state index contributed by atoms with van der Waals surface area (Å²) in [6.07, 6.45) is 0. The van der Waals surface area contributed by atoms with Crippen molar-refractivity contribution < 1.29 is 74.0 Å². The van der Waals surface area contributed by atoms with Crippen LogP contribution >= 0.6 is 0 Å². The van der Waals surface area contributed by atoms with Crippen LogP contribution in [-0.4, -0.2) is 52.0 Å². The molecule has 0 rings (SSSR count). The van der Waals surface area contributed by atoms with Gasteiger partial charge in [0.1, 0.15) is 0 Å². The van der Waals surface area contributed by atoms with Gasteiger partial charge in [-0.05, 0) is 0 Å². The van der Waals surface area contributed by atoms with Crippen LogP contribution in [0, 0.1) is 71.2 Å². The summed E-state index contributed by atoms with van der Waals surface area (Å²) in [6.45, 7) is 0. The predicted octanol–water partition coefficient (Wildman–Crippen LogP) is -0.880. The van der Waals surface area contributed by atoms with E-state index in [9.17, 15) is 0 Å². The van der Waals surface area contributed by atoms with Gasteiger partial charge >= 0.3 is 27.5 Å². The number of hydrogen-bond acceptors (Lipinski definition) is 1. The first-order chi connectivity index (χ1) is 1.00. The quantitative estimate of drug-likeness (QED) is 0.299. The van der Waals surface area contributed by atoms with Gasteiger partial charge in [0.2, 0.25) is 0 Å². The molecule has 0 aromatic heterocycles. The van der Waals surface area contributed by atoms with Crippen LogP contribution in [0.1, 0.15) is 0 Å². The average Bonchev–Trinajstić information content (AvgIpc) is 1.00. The summed E-state index contributed by atoms with van der Waals surface area (Å²) in [7, 11) is 0. The summed E-state index contributed by atoms with van der Waals surface area (Å²) >= 11 is 0.194. The van der Waals surface area contributed by atoms with Crippen LogP contribution in [0.15, 0.2) is 0 Å². The Labute approximate surface area is 122 Å². The Kier molecular flexibility index (Phi) is 113. The monoisotopic (exact) mass is 711 g/mol. The molecule has 0 amide bonds. The minimum atomic E-state index is 0. The van der Waals surface area contributed by atoms with Crippen LogP contribution in [0.5, 0.6) is 0 Å². The maximum absolute atomic E-state index is 8.36. The Hall–Kier alpha value is 3.99. The van der Waals surface area contributed by atoms with E-state index in [0.717, 1.165) is 0 Å². The molecule has 7 radical (unpaired) electrons. The van der Waals surface area contributed by atoms with Crippen molar-refractivity contribution in [2.24, 2.45) is 0 Å². The molecule has 21 valence electrons. The van der Waals surface area contributed by atoms with Crippen molar-refractivity contribution in [3.8, 4) is 0 Å². The first kappa shape index (κ1) is 23.0. The smallest absolute Gasteiger partial charge is 0 e. The fraction of sp³-hybridized carbons (Fsp3) is 0. The van der Waals surface area contributed by atoms with Crippen molar-refractivity contribution in [3.05, 3.63) is 0 Å². The van der Waals surface area contributed by atoms with Crippen LogP contribution in [0.2, 0.25) is 0 Å². The summed E-state index contributed by atoms with van der Waals surface area (Å²) in [5.41, 5.74) is 0. The molecule has 0 aliphatic rings. The summed E-state index contributed by atoms with van der Waals surface area (Å²) in [5, 5.41) is 0. The zero-order valence-corrected chi connectivity index (χ0v) is 17.1. The summed E-state index contributed by atoms with van der Waals surface area (Å²) in [6, 6.07) is 0. The number of rotatable bonds is 0. The maximum atomic E-state index is 8.36. The van der Waals surface area contributed by atoms with Crippen LogP contribution in [0.4, 0.5) is 0 Å². The molecule has 0 heterocycles. The van der Waals surface area contributed by atoms with Crippen molar-refractivity contribution in [2.45, 2.75) is 0 Å². The Morgan fingerprint density at radius 3 is 1.00 bits per heavy atom. The van der Waals surface area contributed by atoms with Gasteiger partial charge < -0.3 is 0 Å². The molecule has 0 saturated heterocycles. The minimum absolute atomic E-state index is 0. The summed E-state index contributed by atoms with van der Waals surface area (Å²) < 4.78 is 8.36. The summed E-state index contributed by atoms with van der Waals surface area (Å²) in [4.78, 5) is 0. The molecule has 0 unspecified atom stereocenters. The third kappa shape index (κ3) is 18.0. The zero-order valence-electron chi connectivity index (χ0n) is 2.51.